The van der Waals surface area contributed by atoms with E-state index in [0.29, 0.717) is 0 Å². The molecule has 0 aliphatic heterocycles. The Bertz CT molecular complexity index is 62.7. The first-order chi connectivity index (χ1) is 2.45. The molecule has 0 radical (unpaired) electrons. The second kappa shape index (κ2) is 1.52. The minimum absolute atomic E-state index is 5.03. The SMILES string of the molecule is [Cl][Pd-2]([Cl])([Cl])([Cl])([Cl])[Cl]. The predicted molar refractivity (Wildman–Crippen MR) is 35.1 cm³/mol. The van der Waals surface area contributed by atoms with Crippen LogP contribution >= 0.6 is 57.2 Å². The summed E-state index contributed by atoms with van der Waals surface area (Å²) in [6.45, 7) is -5.08. The van der Waals surface area contributed by atoms with E-state index in [1.54, 1.807) is 0 Å². The number of rotatable bonds is 0. The van der Waals surface area contributed by atoms with Crippen LogP contribution in [0.1, 0.15) is 0 Å². The number of hydrogen-bond acceptors (Lipinski definition) is 0. The molecule has 0 aromatic heterocycles. The Hall–Kier alpha value is 2.40. The topological polar surface area (TPSA) is 0 Å². The van der Waals surface area contributed by atoms with E-state index in [0.717, 1.165) is 0 Å². The van der Waals surface area contributed by atoms with Crippen molar-refractivity contribution in [3.8, 4) is 0 Å². The molecule has 0 aromatic rings. The molecule has 0 aliphatic rings. The first-order valence-corrected chi connectivity index (χ1v) is 12.7. The van der Waals surface area contributed by atoms with Crippen molar-refractivity contribution < 1.29 is 6.97 Å². The van der Waals surface area contributed by atoms with Crippen LogP contribution in [-0.2, 0) is 6.97 Å². The summed E-state index contributed by atoms with van der Waals surface area (Å²) in [7, 11) is 30.2. The molecule has 7 heavy (non-hydrogen) atoms. The van der Waals surface area contributed by atoms with Gasteiger partial charge in [-0.15, -0.1) is 0 Å². The molecule has 7 heteroatoms. The van der Waals surface area contributed by atoms with Gasteiger partial charge in [-0.05, 0) is 0 Å². The fourth-order valence-electron chi connectivity index (χ4n) is 0. The van der Waals surface area contributed by atoms with Crippen molar-refractivity contribution in [2.45, 2.75) is 0 Å². The molecule has 0 saturated heterocycles. The van der Waals surface area contributed by atoms with Crippen LogP contribution in [0.5, 0.6) is 0 Å². The van der Waals surface area contributed by atoms with Crippen LogP contribution in [0.25, 0.3) is 0 Å². The molecule has 0 nitrogen and oxygen atoms in total. The maximum absolute atomic E-state index is 5.08. The Morgan fingerprint density at radius 1 is 0.571 bits per heavy atom. The van der Waals surface area contributed by atoms with Crippen LogP contribution in [0.2, 0.25) is 0 Å². The Balaban J connectivity index is 4.43. The molecule has 0 saturated carbocycles. The van der Waals surface area contributed by atoms with Gasteiger partial charge < -0.3 is 0 Å². The van der Waals surface area contributed by atoms with E-state index >= 15 is 0 Å². The zero-order chi connectivity index (χ0) is 6.41. The van der Waals surface area contributed by atoms with Gasteiger partial charge in [0, 0.05) is 0 Å². The van der Waals surface area contributed by atoms with Crippen LogP contribution in [0.3, 0.4) is 0 Å². The second-order valence-corrected chi connectivity index (χ2v) is 36.1. The Morgan fingerprint density at radius 3 is 0.571 bits per heavy atom. The van der Waals surface area contributed by atoms with Crippen LogP contribution in [0.15, 0.2) is 0 Å². The molecule has 0 aromatic carbocycles. The van der Waals surface area contributed by atoms with Crippen LogP contribution in [-0.4, -0.2) is 0 Å². The molecule has 54 valence electrons. The molecule has 0 aliphatic carbocycles. The monoisotopic (exact) mass is 316 g/mol. The van der Waals surface area contributed by atoms with E-state index in [4.69, 9.17) is 57.2 Å². The zero-order valence-electron chi connectivity index (χ0n) is 2.58. The molecule has 0 amide bonds. The third kappa shape index (κ3) is 59.7. The molecule has 0 unspecified atom stereocenters. The average Bonchev–Trinajstić information content (AvgIpc) is 0.592. The van der Waals surface area contributed by atoms with Gasteiger partial charge in [0.1, 0.15) is 0 Å². The third-order valence-electron chi connectivity index (χ3n) is 0. The summed E-state index contributed by atoms with van der Waals surface area (Å²) in [5.74, 6) is 0. The first kappa shape index (κ1) is 9.40. The van der Waals surface area contributed by atoms with Crippen molar-refractivity contribution in [3.63, 3.8) is 0 Å². The van der Waals surface area contributed by atoms with Gasteiger partial charge in [0.25, 0.3) is 0 Å². The summed E-state index contributed by atoms with van der Waals surface area (Å²) in [4.78, 5) is 0. The average molecular weight is 319 g/mol. The normalized spacial score (nSPS) is 23.1. The van der Waals surface area contributed by atoms with Gasteiger partial charge >= 0.3 is 64.1 Å². The number of hydrogen-bond donors (Lipinski definition) is 0. The summed E-state index contributed by atoms with van der Waals surface area (Å²) in [6.07, 6.45) is 0. The van der Waals surface area contributed by atoms with E-state index < -0.39 is 6.97 Å². The fraction of sp³-hybridized carbons (Fsp3) is 0. The summed E-state index contributed by atoms with van der Waals surface area (Å²) in [5, 5.41) is 0. The molecule has 0 spiro atoms. The van der Waals surface area contributed by atoms with E-state index in [9.17, 15) is 0 Å². The van der Waals surface area contributed by atoms with Crippen molar-refractivity contribution in [3.05, 3.63) is 0 Å². The molecular weight excluding hydrogens is 319 g/mol. The van der Waals surface area contributed by atoms with Crippen molar-refractivity contribution in [1.82, 2.24) is 0 Å². The van der Waals surface area contributed by atoms with Gasteiger partial charge in [-0.3, -0.25) is 0 Å². The summed E-state index contributed by atoms with van der Waals surface area (Å²) >= 11 is 0. The first-order valence-electron chi connectivity index (χ1n) is 0.717. The van der Waals surface area contributed by atoms with Crippen molar-refractivity contribution >= 4 is 57.2 Å². The van der Waals surface area contributed by atoms with Crippen LogP contribution in [0.4, 0.5) is 0 Å². The van der Waals surface area contributed by atoms with E-state index in [2.05, 4.69) is 0 Å². The maximum atomic E-state index is 5.03. The standard InChI is InChI=1S/6ClH.Pd/h6*1H;/q;;;;;;+4/p-6. The fourth-order valence-corrected chi connectivity index (χ4v) is 0. The van der Waals surface area contributed by atoms with Crippen LogP contribution in [0, 0.1) is 0 Å². The summed E-state index contributed by atoms with van der Waals surface area (Å²) in [5.41, 5.74) is 0. The van der Waals surface area contributed by atoms with Crippen molar-refractivity contribution in [2.24, 2.45) is 0 Å². The quantitative estimate of drug-likeness (QED) is 0.589. The van der Waals surface area contributed by atoms with Gasteiger partial charge in [0.2, 0.25) is 0 Å². The van der Waals surface area contributed by atoms with Gasteiger partial charge in [0.05, 0.1) is 0 Å². The summed E-state index contributed by atoms with van der Waals surface area (Å²) < 4.78 is 0. The van der Waals surface area contributed by atoms with Crippen molar-refractivity contribution in [2.75, 3.05) is 0 Å². The molecule has 0 N–H and O–H groups in total. The Morgan fingerprint density at radius 2 is 0.571 bits per heavy atom. The molecule has 0 fully saturated rings. The van der Waals surface area contributed by atoms with E-state index in [1.807, 2.05) is 0 Å². The van der Waals surface area contributed by atoms with Gasteiger partial charge in [-0.2, -0.15) is 0 Å². The zero-order valence-corrected chi connectivity index (χ0v) is 8.67. The van der Waals surface area contributed by atoms with Crippen LogP contribution < -0.4 is 0 Å². The van der Waals surface area contributed by atoms with Gasteiger partial charge in [-0.25, -0.2) is 0 Å². The van der Waals surface area contributed by atoms with Crippen molar-refractivity contribution in [1.29, 1.82) is 0 Å². The Labute approximate surface area is 63.3 Å². The predicted octanol–water partition coefficient (Wildman–Crippen LogP) is 4.13. The van der Waals surface area contributed by atoms with E-state index in [-0.39, 0.29) is 0 Å². The molecule has 0 rings (SSSR count). The molecule has 0 heterocycles. The Kier molecular flexibility index (Phi) is 2.04. The second-order valence-electron chi connectivity index (χ2n) is 0.678. The molecule has 0 bridgehead atoms. The van der Waals surface area contributed by atoms with E-state index in [1.165, 1.54) is 0 Å². The third-order valence-corrected chi connectivity index (χ3v) is 0. The number of halogens is 6. The van der Waals surface area contributed by atoms with Gasteiger partial charge in [-0.1, -0.05) is 0 Å². The molecular formula is Cl6Pd-2. The summed E-state index contributed by atoms with van der Waals surface area (Å²) in [6, 6.07) is 0. The molecule has 0 atom stereocenters. The minimum atomic E-state index is -5.08. The van der Waals surface area contributed by atoms with Gasteiger partial charge in [0.15, 0.2) is 0 Å².